The van der Waals surface area contributed by atoms with Crippen molar-refractivity contribution in [3.05, 3.63) is 39.7 Å². The van der Waals surface area contributed by atoms with E-state index in [0.717, 1.165) is 19.3 Å². The minimum atomic E-state index is -2.69. The molecule has 43 heavy (non-hydrogen) atoms. The second-order valence-corrected chi connectivity index (χ2v) is 13.1. The Morgan fingerprint density at radius 2 is 1.77 bits per heavy atom. The number of ketones is 3. The third kappa shape index (κ3) is 4.55. The number of primary amides is 1. The molecule has 0 saturated heterocycles. The van der Waals surface area contributed by atoms with Crippen molar-refractivity contribution in [2.24, 2.45) is 29.4 Å². The number of carbonyl (C=O) groups is 4. The summed E-state index contributed by atoms with van der Waals surface area (Å²) in [5.41, 5.74) is 3.45. The molecule has 0 bridgehead atoms. The smallest absolute Gasteiger partial charge is 0.255 e. The molecule has 1 amide bonds. The molecule has 2 saturated carbocycles. The highest BCUT2D eigenvalue weighted by Crippen LogP contribution is 2.54. The molecule has 11 nitrogen and oxygen atoms in total. The quantitative estimate of drug-likeness (QED) is 0.292. The van der Waals surface area contributed by atoms with Gasteiger partial charge in [-0.3, -0.25) is 24.1 Å². The number of carbonyl (C=O) groups excluding carboxylic acids is 4. The Morgan fingerprint density at radius 3 is 2.33 bits per heavy atom. The second-order valence-electron chi connectivity index (χ2n) is 13.1. The molecule has 0 aromatic heterocycles. The van der Waals surface area contributed by atoms with E-state index in [1.807, 2.05) is 19.0 Å². The fourth-order valence-corrected chi connectivity index (χ4v) is 8.00. The van der Waals surface area contributed by atoms with Crippen molar-refractivity contribution >= 4 is 34.7 Å². The molecule has 6 unspecified atom stereocenters. The van der Waals surface area contributed by atoms with Gasteiger partial charge in [-0.05, 0) is 75.2 Å². The number of aliphatic hydroxyl groups excluding tert-OH is 2. The minimum absolute atomic E-state index is 0.00249. The number of hydrogen-bond donors (Lipinski definition) is 5. The van der Waals surface area contributed by atoms with Gasteiger partial charge in [0.15, 0.2) is 11.4 Å². The number of nitrogens with zero attached hydrogens (tertiary/aromatic N) is 2. The van der Waals surface area contributed by atoms with Gasteiger partial charge in [0.1, 0.15) is 28.6 Å². The molecular weight excluding hydrogens is 554 g/mol. The summed E-state index contributed by atoms with van der Waals surface area (Å²) < 4.78 is 0. The summed E-state index contributed by atoms with van der Waals surface area (Å²) >= 11 is 0. The number of benzene rings is 1. The number of aliphatic hydroxyl groups is 3. The Morgan fingerprint density at radius 1 is 1.09 bits per heavy atom. The van der Waals surface area contributed by atoms with E-state index in [-0.39, 0.29) is 54.3 Å². The average molecular weight is 596 g/mol. The minimum Gasteiger partial charge on any atom is -0.508 e. The number of Topliss-reactive ketones (excluding diaryl/α,β-unsaturated/α-hetero) is 3. The van der Waals surface area contributed by atoms with Crippen molar-refractivity contribution in [1.29, 1.82) is 0 Å². The number of fused-ring (bicyclic) bond motifs is 3. The number of hydrogen-bond acceptors (Lipinski definition) is 10. The summed E-state index contributed by atoms with van der Waals surface area (Å²) in [6, 6.07) is 0.667. The van der Waals surface area contributed by atoms with Crippen molar-refractivity contribution < 1.29 is 39.6 Å². The standard InChI is InChI=1S/C32H41N3O8/c1-14-7-6-8-17(14)21(36)10-9-15-13-20(34(2)3)18-11-16-12-19-25(35(4)5)28(39)24(31(33)42)30(41)32(19,43)29(40)22(16)27(38)23(18)26(15)37/h13-14,16-17,19,25,37-38,41,43H,6-12H2,1-5H3,(H2,33,42). The summed E-state index contributed by atoms with van der Waals surface area (Å²) in [7, 11) is 6.77. The highest BCUT2D eigenvalue weighted by Gasteiger charge is 2.64. The van der Waals surface area contributed by atoms with Crippen molar-refractivity contribution in [2.45, 2.75) is 63.5 Å². The van der Waals surface area contributed by atoms with Gasteiger partial charge in [0.25, 0.3) is 5.91 Å². The van der Waals surface area contributed by atoms with Crippen LogP contribution in [0.25, 0.3) is 5.76 Å². The zero-order chi connectivity index (χ0) is 31.7. The summed E-state index contributed by atoms with van der Waals surface area (Å²) in [4.78, 5) is 55.9. The van der Waals surface area contributed by atoms with Crippen LogP contribution in [0.3, 0.4) is 0 Å². The lowest BCUT2D eigenvalue weighted by Crippen LogP contribution is -2.65. The van der Waals surface area contributed by atoms with E-state index in [2.05, 4.69) is 6.92 Å². The van der Waals surface area contributed by atoms with Crippen molar-refractivity contribution in [2.75, 3.05) is 33.1 Å². The van der Waals surface area contributed by atoms with Gasteiger partial charge < -0.3 is 31.1 Å². The van der Waals surface area contributed by atoms with Crippen LogP contribution in [0.4, 0.5) is 5.69 Å². The van der Waals surface area contributed by atoms with Gasteiger partial charge in [0, 0.05) is 43.6 Å². The first kappa shape index (κ1) is 30.7. The number of rotatable bonds is 7. The number of nitrogens with two attached hydrogens (primary N) is 1. The lowest BCUT2D eigenvalue weighted by atomic mass is 9.57. The Hall–Kier alpha value is -3.70. The zero-order valence-electron chi connectivity index (χ0n) is 25.3. The highest BCUT2D eigenvalue weighted by atomic mass is 16.3. The maximum Gasteiger partial charge on any atom is 0.255 e. The van der Waals surface area contributed by atoms with Crippen molar-refractivity contribution in [3.8, 4) is 5.75 Å². The molecule has 232 valence electrons. The molecular formula is C32H41N3O8. The van der Waals surface area contributed by atoms with E-state index in [1.54, 1.807) is 20.2 Å². The van der Waals surface area contributed by atoms with Crippen LogP contribution >= 0.6 is 0 Å². The fraction of sp³-hybridized carbons (Fsp3) is 0.562. The number of amides is 1. The lowest BCUT2D eigenvalue weighted by molar-refractivity contribution is -0.153. The third-order valence-corrected chi connectivity index (χ3v) is 10.2. The molecule has 6 atom stereocenters. The van der Waals surface area contributed by atoms with E-state index in [1.165, 1.54) is 4.90 Å². The van der Waals surface area contributed by atoms with Crippen LogP contribution in [0.15, 0.2) is 23.0 Å². The van der Waals surface area contributed by atoms with E-state index in [0.29, 0.717) is 22.7 Å². The molecule has 0 radical (unpaired) electrons. The number of phenolic OH excluding ortho intramolecular Hbond substituents is 1. The Balaban J connectivity index is 1.62. The Bertz CT molecular complexity index is 1490. The zero-order valence-corrected chi connectivity index (χ0v) is 25.3. The van der Waals surface area contributed by atoms with Gasteiger partial charge in [0.05, 0.1) is 11.6 Å². The van der Waals surface area contributed by atoms with Crippen LogP contribution < -0.4 is 10.6 Å². The van der Waals surface area contributed by atoms with Crippen LogP contribution in [-0.2, 0) is 32.0 Å². The molecule has 0 aliphatic heterocycles. The largest absolute Gasteiger partial charge is 0.508 e. The normalized spacial score (nSPS) is 30.3. The molecule has 11 heteroatoms. The predicted octanol–water partition coefficient (Wildman–Crippen LogP) is 1.97. The lowest BCUT2D eigenvalue weighted by Gasteiger charge is -2.50. The van der Waals surface area contributed by atoms with Gasteiger partial charge in [0.2, 0.25) is 5.78 Å². The number of aryl methyl sites for hydroxylation is 1. The highest BCUT2D eigenvalue weighted by molar-refractivity contribution is 6.24. The summed E-state index contributed by atoms with van der Waals surface area (Å²) in [6.07, 6.45) is 3.59. The van der Waals surface area contributed by atoms with Crippen LogP contribution in [0, 0.1) is 23.7 Å². The van der Waals surface area contributed by atoms with Crippen LogP contribution in [0.2, 0.25) is 0 Å². The second kappa shape index (κ2) is 10.8. The maximum absolute atomic E-state index is 14.1. The first-order valence-electron chi connectivity index (χ1n) is 14.8. The average Bonchev–Trinajstić information content (AvgIpc) is 3.35. The van der Waals surface area contributed by atoms with Crippen molar-refractivity contribution in [1.82, 2.24) is 4.90 Å². The van der Waals surface area contributed by atoms with Crippen molar-refractivity contribution in [3.63, 3.8) is 0 Å². The molecule has 4 aliphatic rings. The summed E-state index contributed by atoms with van der Waals surface area (Å²) in [6.45, 7) is 2.08. The fourth-order valence-electron chi connectivity index (χ4n) is 8.00. The van der Waals surface area contributed by atoms with E-state index in [9.17, 15) is 39.6 Å². The van der Waals surface area contributed by atoms with Gasteiger partial charge in [-0.25, -0.2) is 0 Å². The molecule has 4 aliphatic carbocycles. The molecule has 5 rings (SSSR count). The number of aromatic hydroxyl groups is 1. The number of likely N-dealkylation sites (N-methyl/N-ethyl adjacent to an activating group) is 1. The molecule has 1 aromatic carbocycles. The van der Waals surface area contributed by atoms with E-state index >= 15 is 0 Å². The topological polar surface area (TPSA) is 182 Å². The van der Waals surface area contributed by atoms with E-state index in [4.69, 9.17) is 5.73 Å². The van der Waals surface area contributed by atoms with Gasteiger partial charge in [-0.2, -0.15) is 0 Å². The number of phenols is 1. The first-order valence-corrected chi connectivity index (χ1v) is 14.8. The van der Waals surface area contributed by atoms with Gasteiger partial charge >= 0.3 is 0 Å². The summed E-state index contributed by atoms with van der Waals surface area (Å²) in [5, 5.41) is 46.0. The predicted molar refractivity (Wildman–Crippen MR) is 158 cm³/mol. The molecule has 0 heterocycles. The molecule has 1 aromatic rings. The first-order chi connectivity index (χ1) is 20.1. The maximum atomic E-state index is 14.1. The van der Waals surface area contributed by atoms with Gasteiger partial charge in [-0.15, -0.1) is 0 Å². The molecule has 6 N–H and O–H groups in total. The van der Waals surface area contributed by atoms with Crippen LogP contribution in [0.1, 0.15) is 55.7 Å². The molecule has 2 fully saturated rings. The van der Waals surface area contributed by atoms with Crippen LogP contribution in [0.5, 0.6) is 5.75 Å². The monoisotopic (exact) mass is 595 g/mol. The number of anilines is 1. The third-order valence-electron chi connectivity index (χ3n) is 10.2. The summed E-state index contributed by atoms with van der Waals surface area (Å²) in [5.74, 6) is -6.34. The van der Waals surface area contributed by atoms with Crippen LogP contribution in [-0.4, -0.2) is 88.4 Å². The Kier molecular flexibility index (Phi) is 7.71. The SMILES string of the molecule is CC1CCCC1C(=O)CCc1cc(N(C)C)c2c(c1O)C(O)=C1C(=O)C3(O)C(O)=C(C(N)=O)C(=O)C(N(C)C)C3CC1C2. The van der Waals surface area contributed by atoms with Gasteiger partial charge in [-0.1, -0.05) is 13.3 Å². The Labute approximate surface area is 250 Å². The van der Waals surface area contributed by atoms with E-state index < -0.39 is 58.0 Å². The molecule has 0 spiro atoms.